The molecule has 0 bridgehead atoms. The van der Waals surface area contributed by atoms with Crippen molar-refractivity contribution in [3.05, 3.63) is 65.7 Å². The zero-order chi connectivity index (χ0) is 18.1. The van der Waals surface area contributed by atoms with Crippen molar-refractivity contribution < 1.29 is 9.53 Å². The van der Waals surface area contributed by atoms with E-state index in [4.69, 9.17) is 10.5 Å². The summed E-state index contributed by atoms with van der Waals surface area (Å²) in [5.41, 5.74) is 7.69. The van der Waals surface area contributed by atoms with E-state index in [0.717, 1.165) is 23.3 Å². The summed E-state index contributed by atoms with van der Waals surface area (Å²) in [4.78, 5) is 14.8. The Labute approximate surface area is 150 Å². The fraction of sp³-hybridized carbons (Fsp3) is 0.381. The number of nitrogens with two attached hydrogens (primary N) is 1. The third-order valence-electron chi connectivity index (χ3n) is 3.88. The third-order valence-corrected chi connectivity index (χ3v) is 3.88. The summed E-state index contributed by atoms with van der Waals surface area (Å²) < 4.78 is 5.83. The van der Waals surface area contributed by atoms with Crippen molar-refractivity contribution in [1.82, 2.24) is 4.90 Å². The lowest BCUT2D eigenvalue weighted by atomic mass is 10.1. The number of carbonyl (C=O) groups is 1. The average molecular weight is 340 g/mol. The number of hydrogen-bond donors (Lipinski definition) is 1. The van der Waals surface area contributed by atoms with Gasteiger partial charge in [0.25, 0.3) is 0 Å². The van der Waals surface area contributed by atoms with E-state index in [1.165, 1.54) is 0 Å². The van der Waals surface area contributed by atoms with E-state index >= 15 is 0 Å². The van der Waals surface area contributed by atoms with Gasteiger partial charge in [0.2, 0.25) is 5.91 Å². The highest BCUT2D eigenvalue weighted by atomic mass is 16.5. The van der Waals surface area contributed by atoms with Crippen molar-refractivity contribution in [3.63, 3.8) is 0 Å². The Bertz CT molecular complexity index is 656. The molecule has 0 aliphatic rings. The van der Waals surface area contributed by atoms with Crippen LogP contribution >= 0.6 is 0 Å². The highest BCUT2D eigenvalue weighted by Crippen LogP contribution is 2.21. The van der Waals surface area contributed by atoms with Gasteiger partial charge in [-0.15, -0.1) is 0 Å². The second-order valence-corrected chi connectivity index (χ2v) is 6.39. The zero-order valence-corrected chi connectivity index (χ0v) is 15.2. The normalized spacial score (nSPS) is 10.7. The molecule has 2 aromatic carbocycles. The molecule has 4 nitrogen and oxygen atoms in total. The molecular formula is C21H28N2O2. The van der Waals surface area contributed by atoms with E-state index in [1.807, 2.05) is 73.3 Å². The van der Waals surface area contributed by atoms with Crippen LogP contribution in [0.25, 0.3) is 0 Å². The Morgan fingerprint density at radius 2 is 1.76 bits per heavy atom. The molecule has 0 saturated heterocycles. The lowest BCUT2D eigenvalue weighted by Crippen LogP contribution is -2.33. The highest BCUT2D eigenvalue weighted by Gasteiger charge is 2.16. The second kappa shape index (κ2) is 9.84. The van der Waals surface area contributed by atoms with Gasteiger partial charge in [-0.1, -0.05) is 48.5 Å². The molecule has 2 aromatic rings. The smallest absolute Gasteiger partial charge is 0.227 e. The van der Waals surface area contributed by atoms with Crippen LogP contribution in [0.3, 0.4) is 0 Å². The Morgan fingerprint density at radius 3 is 2.44 bits per heavy atom. The van der Waals surface area contributed by atoms with E-state index in [2.05, 4.69) is 0 Å². The number of nitrogens with zero attached hydrogens (tertiary/aromatic N) is 1. The second-order valence-electron chi connectivity index (χ2n) is 6.39. The predicted octanol–water partition coefficient (Wildman–Crippen LogP) is 3.39. The van der Waals surface area contributed by atoms with Crippen LogP contribution in [0.4, 0.5) is 0 Å². The fourth-order valence-corrected chi connectivity index (χ4v) is 2.67. The van der Waals surface area contributed by atoms with Gasteiger partial charge in [-0.05, 0) is 38.4 Å². The maximum absolute atomic E-state index is 12.9. The molecule has 0 radical (unpaired) electrons. The minimum atomic E-state index is 0.0777. The first-order valence-corrected chi connectivity index (χ1v) is 8.86. The summed E-state index contributed by atoms with van der Waals surface area (Å²) in [5, 5.41) is 0. The van der Waals surface area contributed by atoms with E-state index in [9.17, 15) is 4.79 Å². The first-order chi connectivity index (χ1) is 12.1. The van der Waals surface area contributed by atoms with Crippen LogP contribution in [0.2, 0.25) is 0 Å². The van der Waals surface area contributed by atoms with Crippen LogP contribution in [0.1, 0.15) is 31.4 Å². The quantitative estimate of drug-likeness (QED) is 0.761. The van der Waals surface area contributed by atoms with Gasteiger partial charge in [0.15, 0.2) is 0 Å². The van der Waals surface area contributed by atoms with Gasteiger partial charge in [0.1, 0.15) is 5.75 Å². The topological polar surface area (TPSA) is 55.6 Å². The number of carbonyl (C=O) groups excluding carboxylic acids is 1. The minimum Gasteiger partial charge on any atom is -0.491 e. The molecule has 0 spiro atoms. The number of rotatable bonds is 9. The summed E-state index contributed by atoms with van der Waals surface area (Å²) in [6, 6.07) is 17.8. The Hall–Kier alpha value is -2.33. The van der Waals surface area contributed by atoms with Crippen molar-refractivity contribution >= 4 is 5.91 Å². The zero-order valence-electron chi connectivity index (χ0n) is 15.2. The van der Waals surface area contributed by atoms with E-state index in [-0.39, 0.29) is 12.0 Å². The Kier molecular flexibility index (Phi) is 7.48. The molecule has 0 fully saturated rings. The van der Waals surface area contributed by atoms with Crippen LogP contribution in [0.5, 0.6) is 5.75 Å². The lowest BCUT2D eigenvalue weighted by Gasteiger charge is -2.23. The molecule has 0 atom stereocenters. The van der Waals surface area contributed by atoms with Crippen LogP contribution in [0, 0.1) is 0 Å². The molecule has 1 amide bonds. The molecule has 0 saturated carbocycles. The van der Waals surface area contributed by atoms with Crippen molar-refractivity contribution in [3.8, 4) is 5.75 Å². The fourth-order valence-electron chi connectivity index (χ4n) is 2.67. The van der Waals surface area contributed by atoms with Gasteiger partial charge >= 0.3 is 0 Å². The largest absolute Gasteiger partial charge is 0.491 e. The summed E-state index contributed by atoms with van der Waals surface area (Å²) in [5.74, 6) is 0.876. The van der Waals surface area contributed by atoms with Gasteiger partial charge in [-0.25, -0.2) is 0 Å². The average Bonchev–Trinajstić information content (AvgIpc) is 2.60. The molecule has 2 N–H and O–H groups in total. The van der Waals surface area contributed by atoms with Crippen molar-refractivity contribution in [1.29, 1.82) is 0 Å². The lowest BCUT2D eigenvalue weighted by molar-refractivity contribution is -0.131. The summed E-state index contributed by atoms with van der Waals surface area (Å²) in [6.07, 6.45) is 1.21. The van der Waals surface area contributed by atoms with Gasteiger partial charge in [-0.3, -0.25) is 4.79 Å². The summed E-state index contributed by atoms with van der Waals surface area (Å²) >= 11 is 0. The minimum absolute atomic E-state index is 0.0777. The number of para-hydroxylation sites is 1. The van der Waals surface area contributed by atoms with Gasteiger partial charge in [0, 0.05) is 18.7 Å². The molecule has 134 valence electrons. The van der Waals surface area contributed by atoms with Crippen molar-refractivity contribution in [2.45, 2.75) is 39.3 Å². The first-order valence-electron chi connectivity index (χ1n) is 8.86. The number of hydrogen-bond acceptors (Lipinski definition) is 3. The van der Waals surface area contributed by atoms with Crippen LogP contribution in [-0.4, -0.2) is 30.0 Å². The molecule has 0 aliphatic heterocycles. The Morgan fingerprint density at radius 1 is 1.08 bits per heavy atom. The van der Waals surface area contributed by atoms with E-state index in [1.54, 1.807) is 0 Å². The van der Waals surface area contributed by atoms with E-state index in [0.29, 0.717) is 26.1 Å². The highest BCUT2D eigenvalue weighted by molar-refractivity contribution is 5.79. The maximum Gasteiger partial charge on any atom is 0.227 e. The predicted molar refractivity (Wildman–Crippen MR) is 101 cm³/mol. The first kappa shape index (κ1) is 19.0. The number of ether oxygens (including phenoxy) is 1. The molecule has 0 aliphatic carbocycles. The van der Waals surface area contributed by atoms with Crippen LogP contribution < -0.4 is 10.5 Å². The van der Waals surface area contributed by atoms with E-state index < -0.39 is 0 Å². The van der Waals surface area contributed by atoms with Crippen LogP contribution in [-0.2, 0) is 17.8 Å². The maximum atomic E-state index is 12.9. The molecule has 25 heavy (non-hydrogen) atoms. The molecule has 4 heteroatoms. The molecule has 0 aromatic heterocycles. The standard InChI is InChI=1S/C21H28N2O2/c1-17(2)25-20-12-7-6-11-19(20)15-21(24)23(14-8-13-22)16-18-9-4-3-5-10-18/h3-7,9-12,17H,8,13-16,22H2,1-2H3. The summed E-state index contributed by atoms with van der Waals surface area (Å²) in [7, 11) is 0. The number of benzene rings is 2. The van der Waals surface area contributed by atoms with Gasteiger partial charge in [-0.2, -0.15) is 0 Å². The van der Waals surface area contributed by atoms with Crippen molar-refractivity contribution in [2.75, 3.05) is 13.1 Å². The van der Waals surface area contributed by atoms with Crippen molar-refractivity contribution in [2.24, 2.45) is 5.73 Å². The molecule has 2 rings (SSSR count). The monoisotopic (exact) mass is 340 g/mol. The Balaban J connectivity index is 2.11. The molecular weight excluding hydrogens is 312 g/mol. The van der Waals surface area contributed by atoms with Crippen LogP contribution in [0.15, 0.2) is 54.6 Å². The SMILES string of the molecule is CC(C)Oc1ccccc1CC(=O)N(CCCN)Cc1ccccc1. The number of amides is 1. The molecule has 0 heterocycles. The summed E-state index contributed by atoms with van der Waals surface area (Å²) in [6.45, 7) is 5.82. The molecule has 0 unspecified atom stereocenters. The van der Waals surface area contributed by atoms with Gasteiger partial charge < -0.3 is 15.4 Å². The van der Waals surface area contributed by atoms with Gasteiger partial charge in [0.05, 0.1) is 12.5 Å². The third kappa shape index (κ3) is 6.24.